The third-order valence-corrected chi connectivity index (χ3v) is 5.64. The number of aromatic nitrogens is 1. The SMILES string of the molecule is COc1ccc(-c2csc(NC(=S)NC(=O)COc3c(C)cc(C)cc3Br)n2)cc1. The molecule has 30 heavy (non-hydrogen) atoms. The van der Waals surface area contributed by atoms with Gasteiger partial charge in [-0.1, -0.05) is 6.07 Å². The molecule has 1 aromatic heterocycles. The summed E-state index contributed by atoms with van der Waals surface area (Å²) < 4.78 is 11.6. The maximum atomic E-state index is 12.2. The molecular formula is C21H20BrN3O3S2. The van der Waals surface area contributed by atoms with Crippen LogP contribution in [-0.4, -0.2) is 29.7 Å². The van der Waals surface area contributed by atoms with Crippen molar-refractivity contribution in [1.29, 1.82) is 0 Å². The number of hydrogen-bond donors (Lipinski definition) is 2. The zero-order valence-corrected chi connectivity index (χ0v) is 19.8. The molecule has 0 aliphatic carbocycles. The molecule has 0 fully saturated rings. The number of hydrogen-bond acceptors (Lipinski definition) is 6. The Bertz CT molecular complexity index is 1040. The van der Waals surface area contributed by atoms with Crippen LogP contribution in [0.25, 0.3) is 11.3 Å². The zero-order chi connectivity index (χ0) is 21.7. The second kappa shape index (κ2) is 10.0. The van der Waals surface area contributed by atoms with Gasteiger partial charge in [0.1, 0.15) is 11.5 Å². The second-order valence-corrected chi connectivity index (χ2v) is 8.57. The van der Waals surface area contributed by atoms with E-state index in [1.165, 1.54) is 11.3 Å². The van der Waals surface area contributed by atoms with Gasteiger partial charge in [0.2, 0.25) is 0 Å². The number of benzene rings is 2. The summed E-state index contributed by atoms with van der Waals surface area (Å²) in [6, 6.07) is 11.5. The number of nitrogens with zero attached hydrogens (tertiary/aromatic N) is 1. The molecule has 0 unspecified atom stereocenters. The Hall–Kier alpha value is -2.49. The Morgan fingerprint density at radius 2 is 1.97 bits per heavy atom. The number of ether oxygens (including phenoxy) is 2. The van der Waals surface area contributed by atoms with Gasteiger partial charge in [0, 0.05) is 10.9 Å². The molecule has 0 saturated carbocycles. The Labute approximate surface area is 192 Å². The third-order valence-electron chi connectivity index (χ3n) is 4.08. The van der Waals surface area contributed by atoms with E-state index >= 15 is 0 Å². The Kier molecular flexibility index (Phi) is 7.41. The minimum atomic E-state index is -0.355. The largest absolute Gasteiger partial charge is 0.497 e. The molecule has 0 radical (unpaired) electrons. The molecule has 6 nitrogen and oxygen atoms in total. The summed E-state index contributed by atoms with van der Waals surface area (Å²) in [6.07, 6.45) is 0. The average Bonchev–Trinajstić information content (AvgIpc) is 3.15. The lowest BCUT2D eigenvalue weighted by molar-refractivity contribution is -0.121. The van der Waals surface area contributed by atoms with Gasteiger partial charge in [-0.15, -0.1) is 11.3 Å². The van der Waals surface area contributed by atoms with Crippen molar-refractivity contribution in [2.45, 2.75) is 13.8 Å². The number of thiocarbonyl (C=S) groups is 1. The monoisotopic (exact) mass is 505 g/mol. The Morgan fingerprint density at radius 1 is 1.23 bits per heavy atom. The maximum Gasteiger partial charge on any atom is 0.264 e. The number of aryl methyl sites for hydroxylation is 2. The lowest BCUT2D eigenvalue weighted by Gasteiger charge is -2.12. The van der Waals surface area contributed by atoms with Crippen molar-refractivity contribution in [3.63, 3.8) is 0 Å². The van der Waals surface area contributed by atoms with Gasteiger partial charge in [-0.05, 0) is 83.5 Å². The quantitative estimate of drug-likeness (QED) is 0.454. The predicted octanol–water partition coefficient (Wildman–Crippen LogP) is 5.09. The highest BCUT2D eigenvalue weighted by Gasteiger charge is 2.12. The molecule has 0 bridgehead atoms. The minimum Gasteiger partial charge on any atom is -0.497 e. The molecule has 1 heterocycles. The van der Waals surface area contributed by atoms with Crippen molar-refractivity contribution in [2.24, 2.45) is 0 Å². The van der Waals surface area contributed by atoms with Crippen molar-refractivity contribution in [1.82, 2.24) is 10.3 Å². The van der Waals surface area contributed by atoms with Gasteiger partial charge in [-0.25, -0.2) is 4.98 Å². The molecule has 156 valence electrons. The van der Waals surface area contributed by atoms with E-state index < -0.39 is 0 Å². The summed E-state index contributed by atoms with van der Waals surface area (Å²) in [5.74, 6) is 1.07. The molecule has 3 rings (SSSR count). The van der Waals surface area contributed by atoms with Gasteiger partial charge in [0.15, 0.2) is 16.9 Å². The van der Waals surface area contributed by atoms with Crippen LogP contribution in [0.3, 0.4) is 0 Å². The summed E-state index contributed by atoms with van der Waals surface area (Å²) >= 11 is 10.1. The summed E-state index contributed by atoms with van der Waals surface area (Å²) in [5.41, 5.74) is 3.83. The highest BCUT2D eigenvalue weighted by Crippen LogP contribution is 2.30. The predicted molar refractivity (Wildman–Crippen MR) is 128 cm³/mol. The Morgan fingerprint density at radius 3 is 2.63 bits per heavy atom. The number of carbonyl (C=O) groups excluding carboxylic acids is 1. The fourth-order valence-corrected chi connectivity index (χ4v) is 4.53. The van der Waals surface area contributed by atoms with E-state index in [4.69, 9.17) is 21.7 Å². The van der Waals surface area contributed by atoms with Crippen LogP contribution in [0.15, 0.2) is 46.3 Å². The first-order valence-electron chi connectivity index (χ1n) is 8.96. The number of nitrogens with one attached hydrogen (secondary N) is 2. The van der Waals surface area contributed by atoms with E-state index in [-0.39, 0.29) is 17.6 Å². The van der Waals surface area contributed by atoms with E-state index in [1.54, 1.807) is 7.11 Å². The fraction of sp³-hybridized carbons (Fsp3) is 0.190. The molecule has 0 spiro atoms. The lowest BCUT2D eigenvalue weighted by atomic mass is 10.1. The van der Waals surface area contributed by atoms with E-state index in [9.17, 15) is 4.79 Å². The summed E-state index contributed by atoms with van der Waals surface area (Å²) in [7, 11) is 1.63. The van der Waals surface area contributed by atoms with Crippen LogP contribution in [0, 0.1) is 13.8 Å². The first kappa shape index (κ1) is 22.2. The minimum absolute atomic E-state index is 0.153. The van der Waals surface area contributed by atoms with E-state index in [0.717, 1.165) is 32.6 Å². The fourth-order valence-electron chi connectivity index (χ4n) is 2.74. The average molecular weight is 506 g/mol. The molecule has 2 aromatic carbocycles. The highest BCUT2D eigenvalue weighted by molar-refractivity contribution is 9.10. The molecule has 0 aliphatic rings. The second-order valence-electron chi connectivity index (χ2n) is 6.45. The van der Waals surface area contributed by atoms with Crippen LogP contribution in [0.2, 0.25) is 0 Å². The number of carbonyl (C=O) groups is 1. The third kappa shape index (κ3) is 5.78. The van der Waals surface area contributed by atoms with Crippen LogP contribution in [0.5, 0.6) is 11.5 Å². The summed E-state index contributed by atoms with van der Waals surface area (Å²) in [4.78, 5) is 16.7. The van der Waals surface area contributed by atoms with Gasteiger partial charge < -0.3 is 14.8 Å². The van der Waals surface area contributed by atoms with E-state index in [0.29, 0.717) is 10.9 Å². The molecule has 1 amide bonds. The van der Waals surface area contributed by atoms with Crippen molar-refractivity contribution in [2.75, 3.05) is 19.0 Å². The number of anilines is 1. The summed E-state index contributed by atoms with van der Waals surface area (Å²) in [5, 5.41) is 8.20. The maximum absolute atomic E-state index is 12.2. The summed E-state index contributed by atoms with van der Waals surface area (Å²) in [6.45, 7) is 3.77. The van der Waals surface area contributed by atoms with E-state index in [1.807, 2.05) is 55.6 Å². The van der Waals surface area contributed by atoms with E-state index in [2.05, 4.69) is 31.5 Å². The smallest absolute Gasteiger partial charge is 0.264 e. The lowest BCUT2D eigenvalue weighted by Crippen LogP contribution is -2.37. The number of amides is 1. The first-order valence-corrected chi connectivity index (χ1v) is 11.0. The first-order chi connectivity index (χ1) is 14.4. The topological polar surface area (TPSA) is 72.5 Å². The molecule has 0 aliphatic heterocycles. The molecule has 0 atom stereocenters. The van der Waals surface area contributed by atoms with Gasteiger partial charge >= 0.3 is 0 Å². The number of methoxy groups -OCH3 is 1. The van der Waals surface area contributed by atoms with Crippen molar-refractivity contribution in [3.05, 3.63) is 57.4 Å². The molecule has 3 aromatic rings. The van der Waals surface area contributed by atoms with Gasteiger partial charge in [0.25, 0.3) is 5.91 Å². The number of halogens is 1. The van der Waals surface area contributed by atoms with Gasteiger partial charge in [-0.3, -0.25) is 10.1 Å². The van der Waals surface area contributed by atoms with Gasteiger partial charge in [-0.2, -0.15) is 0 Å². The van der Waals surface area contributed by atoms with Gasteiger partial charge in [0.05, 0.1) is 17.3 Å². The highest BCUT2D eigenvalue weighted by atomic mass is 79.9. The molecular weight excluding hydrogens is 486 g/mol. The Balaban J connectivity index is 1.53. The van der Waals surface area contributed by atoms with Crippen LogP contribution in [-0.2, 0) is 4.79 Å². The molecule has 0 saturated heterocycles. The van der Waals surface area contributed by atoms with Crippen LogP contribution < -0.4 is 20.1 Å². The van der Waals surface area contributed by atoms with Crippen LogP contribution in [0.4, 0.5) is 5.13 Å². The molecule has 2 N–H and O–H groups in total. The number of rotatable bonds is 6. The normalized spacial score (nSPS) is 10.4. The van der Waals surface area contributed by atoms with Crippen molar-refractivity contribution >= 4 is 55.6 Å². The van der Waals surface area contributed by atoms with Crippen LogP contribution >= 0.6 is 39.5 Å². The standard InChI is InChI=1S/C21H20BrN3O3S2/c1-12-8-13(2)19(16(22)9-12)28-10-18(26)24-20(29)25-21-23-17(11-30-21)14-4-6-15(27-3)7-5-14/h4-9,11H,10H2,1-3H3,(H2,23,24,25,26,29). The van der Waals surface area contributed by atoms with Crippen LogP contribution in [0.1, 0.15) is 11.1 Å². The number of thiazole rings is 1. The van der Waals surface area contributed by atoms with Crippen molar-refractivity contribution < 1.29 is 14.3 Å². The zero-order valence-electron chi connectivity index (χ0n) is 16.6. The molecule has 9 heteroatoms. The van der Waals surface area contributed by atoms with Crippen molar-refractivity contribution in [3.8, 4) is 22.8 Å².